The number of hydrogen-bond acceptors (Lipinski definition) is 9. The zero-order valence-electron chi connectivity index (χ0n) is 13.8. The van der Waals surface area contributed by atoms with Crippen LogP contribution in [0.1, 0.15) is 48.3 Å². The molecule has 0 unspecified atom stereocenters. The van der Waals surface area contributed by atoms with Crippen molar-refractivity contribution in [2.45, 2.75) is 44.7 Å². The Labute approximate surface area is 138 Å². The highest BCUT2D eigenvalue weighted by Gasteiger charge is 2.27. The summed E-state index contributed by atoms with van der Waals surface area (Å²) < 4.78 is 10.8. The van der Waals surface area contributed by atoms with Crippen molar-refractivity contribution in [2.75, 3.05) is 19.9 Å². The molecule has 1 aliphatic carbocycles. The van der Waals surface area contributed by atoms with Crippen molar-refractivity contribution in [3.63, 3.8) is 0 Å². The number of nitrogens with two attached hydrogens (primary N) is 1. The Bertz CT molecular complexity index is 705. The normalized spacial score (nSPS) is 15.8. The van der Waals surface area contributed by atoms with Crippen LogP contribution in [0.25, 0.3) is 5.82 Å². The maximum Gasteiger partial charge on any atom is 0.360 e. The number of hydrogen-bond donors (Lipinski definition) is 1. The van der Waals surface area contributed by atoms with Gasteiger partial charge in [-0.05, 0) is 30.2 Å². The largest absolute Gasteiger partial charge is 0.464 e. The second-order valence-electron chi connectivity index (χ2n) is 5.97. The third kappa shape index (κ3) is 3.09. The second-order valence-corrected chi connectivity index (χ2v) is 5.97. The summed E-state index contributed by atoms with van der Waals surface area (Å²) in [6, 6.07) is 0.459. The topological polar surface area (TPSA) is 125 Å². The summed E-state index contributed by atoms with van der Waals surface area (Å²) in [6.45, 7) is 0.467. The molecule has 2 heterocycles. The first-order chi connectivity index (χ1) is 11.6. The van der Waals surface area contributed by atoms with E-state index in [0.29, 0.717) is 18.3 Å². The van der Waals surface area contributed by atoms with Crippen molar-refractivity contribution in [3.8, 4) is 5.82 Å². The average molecular weight is 335 g/mol. The van der Waals surface area contributed by atoms with E-state index in [1.807, 2.05) is 7.05 Å². The van der Waals surface area contributed by atoms with Gasteiger partial charge in [-0.2, -0.15) is 4.68 Å². The third-order valence-corrected chi connectivity index (χ3v) is 4.44. The Morgan fingerprint density at radius 1 is 1.38 bits per heavy atom. The Kier molecular flexibility index (Phi) is 4.74. The maximum absolute atomic E-state index is 12.0. The van der Waals surface area contributed by atoms with E-state index in [-0.39, 0.29) is 17.3 Å². The van der Waals surface area contributed by atoms with Crippen LogP contribution in [0.15, 0.2) is 4.63 Å². The Hall–Kier alpha value is -2.49. The van der Waals surface area contributed by atoms with E-state index in [9.17, 15) is 4.79 Å². The lowest BCUT2D eigenvalue weighted by Crippen LogP contribution is -2.34. The number of methoxy groups -OCH3 is 1. The fraction of sp³-hybridized carbons (Fsp3) is 0.643. The molecular formula is C14H21N7O3. The van der Waals surface area contributed by atoms with E-state index in [1.54, 1.807) is 0 Å². The minimum atomic E-state index is -0.552. The molecule has 0 aliphatic heterocycles. The van der Waals surface area contributed by atoms with E-state index >= 15 is 0 Å². The fourth-order valence-corrected chi connectivity index (χ4v) is 3.09. The van der Waals surface area contributed by atoms with Gasteiger partial charge in [0.15, 0.2) is 5.69 Å². The first-order valence-corrected chi connectivity index (χ1v) is 7.93. The van der Waals surface area contributed by atoms with Gasteiger partial charge in [0.1, 0.15) is 0 Å². The number of carbonyl (C=O) groups excluding carboxylic acids is 1. The summed E-state index contributed by atoms with van der Waals surface area (Å²) in [5.74, 6) is -0.258. The summed E-state index contributed by atoms with van der Waals surface area (Å²) in [4.78, 5) is 14.2. The Morgan fingerprint density at radius 2 is 2.12 bits per heavy atom. The van der Waals surface area contributed by atoms with Crippen LogP contribution in [0.5, 0.6) is 0 Å². The Balaban J connectivity index is 1.92. The summed E-state index contributed by atoms with van der Waals surface area (Å²) in [5, 5.41) is 15.2. The number of nitrogens with zero attached hydrogens (tertiary/aromatic N) is 6. The van der Waals surface area contributed by atoms with Gasteiger partial charge < -0.3 is 10.5 Å². The quantitative estimate of drug-likeness (QED) is 0.789. The second kappa shape index (κ2) is 6.95. The zero-order valence-corrected chi connectivity index (χ0v) is 13.8. The molecule has 3 rings (SSSR count). The van der Waals surface area contributed by atoms with Crippen molar-refractivity contribution in [2.24, 2.45) is 0 Å². The number of aromatic nitrogens is 5. The van der Waals surface area contributed by atoms with Gasteiger partial charge in [0.25, 0.3) is 0 Å². The minimum Gasteiger partial charge on any atom is -0.464 e. The summed E-state index contributed by atoms with van der Waals surface area (Å²) in [5.41, 5.74) is 6.44. The van der Waals surface area contributed by atoms with Gasteiger partial charge in [0.05, 0.1) is 12.8 Å². The summed E-state index contributed by atoms with van der Waals surface area (Å²) in [6.07, 6.45) is 5.99. The van der Waals surface area contributed by atoms with Crippen molar-refractivity contribution >= 4 is 11.8 Å². The molecule has 0 saturated heterocycles. The molecule has 0 aromatic carbocycles. The van der Waals surface area contributed by atoms with Gasteiger partial charge in [-0.3, -0.25) is 4.90 Å². The van der Waals surface area contributed by atoms with Crippen molar-refractivity contribution < 1.29 is 14.2 Å². The summed E-state index contributed by atoms with van der Waals surface area (Å²) in [7, 11) is 3.33. The molecule has 0 atom stereocenters. The SMILES string of the molecule is COC(=O)c1nnn(-c2nonc2N)c1CN(C)C1CCCCC1. The molecule has 0 radical (unpaired) electrons. The van der Waals surface area contributed by atoms with E-state index in [4.69, 9.17) is 10.5 Å². The van der Waals surface area contributed by atoms with E-state index in [0.717, 1.165) is 12.8 Å². The molecule has 1 fully saturated rings. The molecule has 10 nitrogen and oxygen atoms in total. The standard InChI is InChI=1S/C14H21N7O3/c1-20(9-6-4-3-5-7-9)8-10-11(14(22)23-2)16-19-21(10)13-12(15)17-24-18-13/h9H,3-8H2,1-2H3,(H2,15,17). The summed E-state index contributed by atoms with van der Waals surface area (Å²) >= 11 is 0. The average Bonchev–Trinajstić information content (AvgIpc) is 3.21. The van der Waals surface area contributed by atoms with E-state index in [2.05, 4.69) is 30.2 Å². The van der Waals surface area contributed by atoms with Gasteiger partial charge in [-0.25, -0.2) is 9.42 Å². The highest BCUT2D eigenvalue weighted by atomic mass is 16.6. The predicted molar refractivity (Wildman–Crippen MR) is 83.3 cm³/mol. The molecule has 24 heavy (non-hydrogen) atoms. The van der Waals surface area contributed by atoms with Crippen molar-refractivity contribution in [3.05, 3.63) is 11.4 Å². The van der Waals surface area contributed by atoms with Crippen molar-refractivity contribution in [1.82, 2.24) is 30.2 Å². The van der Waals surface area contributed by atoms with Gasteiger partial charge in [-0.1, -0.05) is 24.5 Å². The molecule has 10 heteroatoms. The van der Waals surface area contributed by atoms with Gasteiger partial charge in [0, 0.05) is 12.6 Å². The molecule has 2 aromatic rings. The third-order valence-electron chi connectivity index (χ3n) is 4.44. The van der Waals surface area contributed by atoms with Crippen LogP contribution in [0, 0.1) is 0 Å². The number of ether oxygens (including phenoxy) is 1. The van der Waals surface area contributed by atoms with Crippen LogP contribution in [0.4, 0.5) is 5.82 Å². The molecule has 1 saturated carbocycles. The fourth-order valence-electron chi connectivity index (χ4n) is 3.09. The molecule has 0 amide bonds. The molecular weight excluding hydrogens is 314 g/mol. The number of nitrogen functional groups attached to an aromatic ring is 1. The maximum atomic E-state index is 12.0. The lowest BCUT2D eigenvalue weighted by Gasteiger charge is -2.31. The molecule has 0 bridgehead atoms. The number of rotatable bonds is 5. The highest BCUT2D eigenvalue weighted by Crippen LogP contribution is 2.24. The van der Waals surface area contributed by atoms with E-state index < -0.39 is 5.97 Å². The van der Waals surface area contributed by atoms with Crippen LogP contribution < -0.4 is 5.73 Å². The van der Waals surface area contributed by atoms with Gasteiger partial charge in [0.2, 0.25) is 11.6 Å². The van der Waals surface area contributed by atoms with Crippen LogP contribution in [-0.2, 0) is 11.3 Å². The number of anilines is 1. The van der Waals surface area contributed by atoms with Gasteiger partial charge >= 0.3 is 5.97 Å². The zero-order chi connectivity index (χ0) is 17.1. The smallest absolute Gasteiger partial charge is 0.360 e. The molecule has 130 valence electrons. The lowest BCUT2D eigenvalue weighted by molar-refractivity contribution is 0.0590. The van der Waals surface area contributed by atoms with Crippen molar-refractivity contribution in [1.29, 1.82) is 0 Å². The van der Waals surface area contributed by atoms with Crippen LogP contribution in [0.2, 0.25) is 0 Å². The van der Waals surface area contributed by atoms with Crippen LogP contribution in [0.3, 0.4) is 0 Å². The highest BCUT2D eigenvalue weighted by molar-refractivity contribution is 5.88. The number of esters is 1. The monoisotopic (exact) mass is 335 g/mol. The van der Waals surface area contributed by atoms with Gasteiger partial charge in [-0.15, -0.1) is 5.10 Å². The molecule has 2 aromatic heterocycles. The van der Waals surface area contributed by atoms with E-state index in [1.165, 1.54) is 31.1 Å². The molecule has 1 aliphatic rings. The first kappa shape index (κ1) is 16.4. The first-order valence-electron chi connectivity index (χ1n) is 7.93. The van der Waals surface area contributed by atoms with Crippen LogP contribution >= 0.6 is 0 Å². The molecule has 0 spiro atoms. The number of carbonyl (C=O) groups is 1. The Morgan fingerprint density at radius 3 is 2.75 bits per heavy atom. The molecule has 2 N–H and O–H groups in total. The van der Waals surface area contributed by atoms with Crippen LogP contribution in [-0.4, -0.2) is 56.4 Å². The predicted octanol–water partition coefficient (Wildman–Crippen LogP) is 0.784. The lowest BCUT2D eigenvalue weighted by atomic mass is 9.94. The minimum absolute atomic E-state index is 0.0814.